The van der Waals surface area contributed by atoms with Crippen LogP contribution in [-0.2, 0) is 6.54 Å². The molecule has 4 heteroatoms. The van der Waals surface area contributed by atoms with Gasteiger partial charge < -0.3 is 15.0 Å². The molecule has 0 spiro atoms. The summed E-state index contributed by atoms with van der Waals surface area (Å²) < 4.78 is 2.17. The van der Waals surface area contributed by atoms with Gasteiger partial charge in [0.2, 0.25) is 0 Å². The monoisotopic (exact) mass is 211 g/mol. The number of aliphatic hydroxyl groups is 1. The van der Waals surface area contributed by atoms with Crippen molar-refractivity contribution in [3.63, 3.8) is 0 Å². The van der Waals surface area contributed by atoms with Gasteiger partial charge in [0, 0.05) is 25.4 Å². The van der Waals surface area contributed by atoms with Crippen molar-refractivity contribution in [1.82, 2.24) is 14.9 Å². The zero-order valence-corrected chi connectivity index (χ0v) is 9.61. The Morgan fingerprint density at radius 1 is 1.47 bits per heavy atom. The maximum absolute atomic E-state index is 8.62. The topological polar surface area (TPSA) is 50.1 Å². The maximum Gasteiger partial charge on any atom is 0.0951 e. The molecule has 4 nitrogen and oxygen atoms in total. The molecule has 0 atom stereocenters. The van der Waals surface area contributed by atoms with Crippen LogP contribution in [0, 0.1) is 0 Å². The van der Waals surface area contributed by atoms with Crippen molar-refractivity contribution in [2.45, 2.75) is 39.3 Å². The molecule has 2 N–H and O–H groups in total. The molecule has 86 valence electrons. The number of rotatable bonds is 7. The zero-order chi connectivity index (χ0) is 11.1. The van der Waals surface area contributed by atoms with Crippen LogP contribution in [0.3, 0.4) is 0 Å². The normalized spacial score (nSPS) is 11.2. The minimum absolute atomic E-state index is 0.283. The number of unbranched alkanes of at least 4 members (excludes halogenated alkanes) is 1. The van der Waals surface area contributed by atoms with Crippen molar-refractivity contribution >= 4 is 0 Å². The molecule has 0 radical (unpaired) electrons. The van der Waals surface area contributed by atoms with Crippen molar-refractivity contribution in [1.29, 1.82) is 0 Å². The van der Waals surface area contributed by atoms with E-state index in [4.69, 9.17) is 5.11 Å². The van der Waals surface area contributed by atoms with Crippen LogP contribution in [-0.4, -0.2) is 27.8 Å². The molecule has 15 heavy (non-hydrogen) atoms. The Morgan fingerprint density at radius 3 is 2.93 bits per heavy atom. The van der Waals surface area contributed by atoms with E-state index in [9.17, 15) is 0 Å². The average Bonchev–Trinajstić information content (AvgIpc) is 2.66. The molecule has 1 heterocycles. The molecule has 0 aliphatic heterocycles. The van der Waals surface area contributed by atoms with Crippen LogP contribution in [0.1, 0.15) is 38.4 Å². The Hall–Kier alpha value is -0.870. The second-order valence-electron chi connectivity index (χ2n) is 3.99. The van der Waals surface area contributed by atoms with Crippen LogP contribution in [0.4, 0.5) is 0 Å². The predicted molar refractivity (Wildman–Crippen MR) is 60.6 cm³/mol. The standard InChI is InChI=1S/C11H21N3O/c1-10(2)14-9-13-8-11(14)7-12-5-3-4-6-15/h8-10,12,15H,3-7H2,1-2H3. The van der Waals surface area contributed by atoms with Crippen molar-refractivity contribution in [2.24, 2.45) is 0 Å². The van der Waals surface area contributed by atoms with Gasteiger partial charge in [0.05, 0.1) is 12.0 Å². The van der Waals surface area contributed by atoms with Gasteiger partial charge in [0.1, 0.15) is 0 Å². The number of hydrogen-bond donors (Lipinski definition) is 2. The lowest BCUT2D eigenvalue weighted by Crippen LogP contribution is -2.18. The molecule has 0 saturated carbocycles. The van der Waals surface area contributed by atoms with Crippen LogP contribution in [0.2, 0.25) is 0 Å². The fourth-order valence-corrected chi connectivity index (χ4v) is 1.51. The summed E-state index contributed by atoms with van der Waals surface area (Å²) in [7, 11) is 0. The van der Waals surface area contributed by atoms with Gasteiger partial charge in [0.25, 0.3) is 0 Å². The minimum Gasteiger partial charge on any atom is -0.396 e. The smallest absolute Gasteiger partial charge is 0.0951 e. The molecule has 0 saturated heterocycles. The fourth-order valence-electron chi connectivity index (χ4n) is 1.51. The molecule has 1 aromatic rings. The molecule has 0 aliphatic carbocycles. The second-order valence-corrected chi connectivity index (χ2v) is 3.99. The highest BCUT2D eigenvalue weighted by Gasteiger charge is 2.03. The highest BCUT2D eigenvalue weighted by atomic mass is 16.2. The van der Waals surface area contributed by atoms with E-state index >= 15 is 0 Å². The Kier molecular flexibility index (Phi) is 5.36. The summed E-state index contributed by atoms with van der Waals surface area (Å²) in [6, 6.07) is 0.460. The second kappa shape index (κ2) is 6.58. The molecule has 0 unspecified atom stereocenters. The van der Waals surface area contributed by atoms with E-state index in [0.29, 0.717) is 6.04 Å². The fraction of sp³-hybridized carbons (Fsp3) is 0.727. The number of hydrogen-bond acceptors (Lipinski definition) is 3. The van der Waals surface area contributed by atoms with E-state index in [2.05, 4.69) is 28.7 Å². The van der Waals surface area contributed by atoms with Gasteiger partial charge in [-0.25, -0.2) is 4.98 Å². The lowest BCUT2D eigenvalue weighted by atomic mass is 10.3. The number of nitrogens with one attached hydrogen (secondary N) is 1. The summed E-state index contributed by atoms with van der Waals surface area (Å²) in [5.74, 6) is 0. The molecule has 1 aromatic heterocycles. The van der Waals surface area contributed by atoms with Crippen LogP contribution in [0.5, 0.6) is 0 Å². The Morgan fingerprint density at radius 2 is 2.27 bits per heavy atom. The van der Waals surface area contributed by atoms with Crippen LogP contribution >= 0.6 is 0 Å². The minimum atomic E-state index is 0.283. The Labute approximate surface area is 91.3 Å². The van der Waals surface area contributed by atoms with Gasteiger partial charge in [-0.2, -0.15) is 0 Å². The van der Waals surface area contributed by atoms with Crippen molar-refractivity contribution in [3.8, 4) is 0 Å². The Bertz CT molecular complexity index is 271. The predicted octanol–water partition coefficient (Wildman–Crippen LogP) is 1.33. The first-order valence-electron chi connectivity index (χ1n) is 5.58. The first-order valence-corrected chi connectivity index (χ1v) is 5.58. The summed E-state index contributed by atoms with van der Waals surface area (Å²) in [6.07, 6.45) is 5.66. The Balaban J connectivity index is 2.28. The third-order valence-electron chi connectivity index (χ3n) is 2.37. The number of nitrogens with zero attached hydrogens (tertiary/aromatic N) is 2. The van der Waals surface area contributed by atoms with E-state index in [1.54, 1.807) is 0 Å². The molecular weight excluding hydrogens is 190 g/mol. The lowest BCUT2D eigenvalue weighted by molar-refractivity contribution is 0.283. The first kappa shape index (κ1) is 12.2. The average molecular weight is 211 g/mol. The maximum atomic E-state index is 8.62. The van der Waals surface area contributed by atoms with E-state index in [1.165, 1.54) is 5.69 Å². The van der Waals surface area contributed by atoms with Crippen LogP contribution < -0.4 is 5.32 Å². The van der Waals surface area contributed by atoms with Crippen molar-refractivity contribution in [3.05, 3.63) is 18.2 Å². The molecule has 0 aromatic carbocycles. The summed E-state index contributed by atoms with van der Waals surface area (Å²) >= 11 is 0. The van der Waals surface area contributed by atoms with E-state index < -0.39 is 0 Å². The van der Waals surface area contributed by atoms with Gasteiger partial charge >= 0.3 is 0 Å². The molecule has 1 rings (SSSR count). The summed E-state index contributed by atoms with van der Waals surface area (Å²) in [5.41, 5.74) is 1.22. The molecule has 0 fully saturated rings. The summed E-state index contributed by atoms with van der Waals surface area (Å²) in [4.78, 5) is 4.14. The first-order chi connectivity index (χ1) is 7.25. The van der Waals surface area contributed by atoms with Gasteiger partial charge in [-0.3, -0.25) is 0 Å². The van der Waals surface area contributed by atoms with Gasteiger partial charge in [-0.1, -0.05) is 0 Å². The summed E-state index contributed by atoms with van der Waals surface area (Å²) in [5, 5.41) is 12.0. The zero-order valence-electron chi connectivity index (χ0n) is 9.61. The molecule has 0 amide bonds. The SMILES string of the molecule is CC(C)n1cncc1CNCCCCO. The number of imidazole rings is 1. The molecule has 0 bridgehead atoms. The van der Waals surface area contributed by atoms with Crippen molar-refractivity contribution in [2.75, 3.05) is 13.2 Å². The van der Waals surface area contributed by atoms with Gasteiger partial charge in [-0.15, -0.1) is 0 Å². The van der Waals surface area contributed by atoms with Crippen molar-refractivity contribution < 1.29 is 5.11 Å². The summed E-state index contributed by atoms with van der Waals surface area (Å²) in [6.45, 7) is 6.38. The van der Waals surface area contributed by atoms with Gasteiger partial charge in [-0.05, 0) is 33.2 Å². The third kappa shape index (κ3) is 4.01. The largest absolute Gasteiger partial charge is 0.396 e. The van der Waals surface area contributed by atoms with E-state index in [1.807, 2.05) is 12.5 Å². The highest BCUT2D eigenvalue weighted by Crippen LogP contribution is 2.08. The van der Waals surface area contributed by atoms with Crippen LogP contribution in [0.15, 0.2) is 12.5 Å². The molecule has 0 aliphatic rings. The third-order valence-corrected chi connectivity index (χ3v) is 2.37. The number of aliphatic hydroxyl groups excluding tert-OH is 1. The number of aromatic nitrogens is 2. The van der Waals surface area contributed by atoms with E-state index in [0.717, 1.165) is 25.9 Å². The highest BCUT2D eigenvalue weighted by molar-refractivity contribution is 4.99. The van der Waals surface area contributed by atoms with E-state index in [-0.39, 0.29) is 6.61 Å². The quantitative estimate of drug-likeness (QED) is 0.669. The molecular formula is C11H21N3O. The van der Waals surface area contributed by atoms with Gasteiger partial charge in [0.15, 0.2) is 0 Å². The lowest BCUT2D eigenvalue weighted by Gasteiger charge is -2.12. The van der Waals surface area contributed by atoms with Crippen LogP contribution in [0.25, 0.3) is 0 Å².